The molecule has 2 heterocycles. The van der Waals surface area contributed by atoms with Crippen LogP contribution in [-0.2, 0) is 4.79 Å². The Balaban J connectivity index is 1.47. The molecule has 1 aliphatic heterocycles. The summed E-state index contributed by atoms with van der Waals surface area (Å²) < 4.78 is 19.7. The Hall–Kier alpha value is -2.93. The highest BCUT2D eigenvalue weighted by Crippen LogP contribution is 2.39. The molecule has 4 aromatic rings. The normalized spacial score (nSPS) is 15.4. The van der Waals surface area contributed by atoms with Crippen molar-refractivity contribution in [3.8, 4) is 11.3 Å². The molecule has 0 spiro atoms. The molecule has 0 aliphatic carbocycles. The summed E-state index contributed by atoms with van der Waals surface area (Å²) in [4.78, 5) is 15.2. The third kappa shape index (κ3) is 3.67. The van der Waals surface area contributed by atoms with Gasteiger partial charge in [0, 0.05) is 17.0 Å². The maximum atomic E-state index is 13.4. The van der Waals surface area contributed by atoms with E-state index in [2.05, 4.69) is 0 Å². The summed E-state index contributed by atoms with van der Waals surface area (Å²) in [6.07, 6.45) is 1.67. The predicted octanol–water partition coefficient (Wildman–Crippen LogP) is 7.30. The summed E-state index contributed by atoms with van der Waals surface area (Å²) in [5.74, 6) is 0.329. The molecule has 1 amide bonds. The molecule has 3 aromatic carbocycles. The minimum absolute atomic E-state index is 0.0198. The van der Waals surface area contributed by atoms with Crippen molar-refractivity contribution in [2.75, 3.05) is 4.90 Å². The standard InChI is InChI=1S/C24H13ClFNO2S2/c25-18-12-15(8-10-19(18)26)21-11-9-16(29-21)13-22-23(28)27(24(30)31-22)20-7-3-5-14-4-1-2-6-17(14)20/h1-13H/b22-13+. The van der Waals surface area contributed by atoms with Gasteiger partial charge in [0.25, 0.3) is 5.91 Å². The van der Waals surface area contributed by atoms with Crippen LogP contribution in [0.4, 0.5) is 10.1 Å². The number of carbonyl (C=O) groups is 1. The van der Waals surface area contributed by atoms with E-state index in [0.717, 1.165) is 16.5 Å². The molecule has 0 bridgehead atoms. The van der Waals surface area contributed by atoms with Crippen molar-refractivity contribution in [3.63, 3.8) is 0 Å². The molecule has 1 aliphatic rings. The van der Waals surface area contributed by atoms with Crippen LogP contribution in [0, 0.1) is 5.82 Å². The molecule has 1 fully saturated rings. The lowest BCUT2D eigenvalue weighted by Crippen LogP contribution is -2.27. The Morgan fingerprint density at radius 3 is 2.68 bits per heavy atom. The van der Waals surface area contributed by atoms with Crippen molar-refractivity contribution in [1.29, 1.82) is 0 Å². The minimum atomic E-state index is -0.491. The third-order valence-corrected chi connectivity index (χ3v) is 6.50. The number of hydrogen-bond donors (Lipinski definition) is 0. The first-order valence-corrected chi connectivity index (χ1v) is 10.9. The second-order valence-electron chi connectivity index (χ2n) is 6.85. The number of carbonyl (C=O) groups excluding carboxylic acids is 1. The average Bonchev–Trinajstić information content (AvgIpc) is 3.34. The summed E-state index contributed by atoms with van der Waals surface area (Å²) in [6.45, 7) is 0. The maximum absolute atomic E-state index is 13.4. The second kappa shape index (κ2) is 7.96. The fraction of sp³-hybridized carbons (Fsp3) is 0. The van der Waals surface area contributed by atoms with Crippen LogP contribution in [0.1, 0.15) is 5.76 Å². The molecule has 0 radical (unpaired) electrons. The number of halogens is 2. The molecule has 0 N–H and O–H groups in total. The first-order chi connectivity index (χ1) is 15.0. The SMILES string of the molecule is O=C1/C(=C\c2ccc(-c3ccc(F)c(Cl)c3)o2)SC(=S)N1c1cccc2ccccc12. The van der Waals surface area contributed by atoms with E-state index < -0.39 is 5.82 Å². The van der Waals surface area contributed by atoms with Crippen LogP contribution in [0.5, 0.6) is 0 Å². The highest BCUT2D eigenvalue weighted by molar-refractivity contribution is 8.27. The van der Waals surface area contributed by atoms with E-state index in [1.165, 1.54) is 23.9 Å². The zero-order valence-electron chi connectivity index (χ0n) is 15.8. The van der Waals surface area contributed by atoms with Crippen LogP contribution in [0.2, 0.25) is 5.02 Å². The number of anilines is 1. The van der Waals surface area contributed by atoms with Gasteiger partial charge in [-0.25, -0.2) is 4.39 Å². The zero-order chi connectivity index (χ0) is 21.5. The fourth-order valence-corrected chi connectivity index (χ4v) is 4.89. The van der Waals surface area contributed by atoms with Gasteiger partial charge in [0.15, 0.2) is 4.32 Å². The molecule has 0 saturated carbocycles. The number of rotatable bonds is 3. The van der Waals surface area contributed by atoms with Gasteiger partial charge in [-0.3, -0.25) is 9.69 Å². The van der Waals surface area contributed by atoms with Crippen LogP contribution >= 0.6 is 35.6 Å². The second-order valence-corrected chi connectivity index (χ2v) is 8.93. The molecule has 0 unspecified atom stereocenters. The van der Waals surface area contributed by atoms with Crippen LogP contribution in [-0.4, -0.2) is 10.2 Å². The van der Waals surface area contributed by atoms with E-state index in [-0.39, 0.29) is 10.9 Å². The largest absolute Gasteiger partial charge is 0.457 e. The number of amides is 1. The first-order valence-electron chi connectivity index (χ1n) is 9.32. The van der Waals surface area contributed by atoms with Crippen LogP contribution in [0.15, 0.2) is 82.1 Å². The van der Waals surface area contributed by atoms with Gasteiger partial charge >= 0.3 is 0 Å². The maximum Gasteiger partial charge on any atom is 0.270 e. The van der Waals surface area contributed by atoms with Crippen LogP contribution < -0.4 is 4.90 Å². The van der Waals surface area contributed by atoms with E-state index in [0.29, 0.717) is 26.3 Å². The monoisotopic (exact) mass is 465 g/mol. The zero-order valence-corrected chi connectivity index (χ0v) is 18.2. The first kappa shape index (κ1) is 20.0. The number of thiocarbonyl (C=S) groups is 1. The average molecular weight is 466 g/mol. The molecular weight excluding hydrogens is 453 g/mol. The Morgan fingerprint density at radius 1 is 1.03 bits per heavy atom. The lowest BCUT2D eigenvalue weighted by atomic mass is 10.1. The van der Waals surface area contributed by atoms with Crippen molar-refractivity contribution in [1.82, 2.24) is 0 Å². The number of benzene rings is 3. The highest BCUT2D eigenvalue weighted by atomic mass is 35.5. The summed E-state index contributed by atoms with van der Waals surface area (Å²) in [6, 6.07) is 21.5. The van der Waals surface area contributed by atoms with E-state index in [1.807, 2.05) is 42.5 Å². The third-order valence-electron chi connectivity index (χ3n) is 4.91. The number of fused-ring (bicyclic) bond motifs is 1. The predicted molar refractivity (Wildman–Crippen MR) is 129 cm³/mol. The number of furan rings is 1. The van der Waals surface area contributed by atoms with Crippen molar-refractivity contribution >= 4 is 68.3 Å². The number of nitrogens with zero attached hydrogens (tertiary/aromatic N) is 1. The minimum Gasteiger partial charge on any atom is -0.457 e. The molecule has 1 aromatic heterocycles. The smallest absolute Gasteiger partial charge is 0.270 e. The number of thioether (sulfide) groups is 1. The Labute approximate surface area is 192 Å². The van der Waals surface area contributed by atoms with Crippen molar-refractivity contribution < 1.29 is 13.6 Å². The Kier molecular flexibility index (Phi) is 5.14. The lowest BCUT2D eigenvalue weighted by molar-refractivity contribution is -0.113. The van der Waals surface area contributed by atoms with Crippen molar-refractivity contribution in [3.05, 3.63) is 94.3 Å². The van der Waals surface area contributed by atoms with Gasteiger partial charge in [0.2, 0.25) is 0 Å². The molecule has 31 heavy (non-hydrogen) atoms. The summed E-state index contributed by atoms with van der Waals surface area (Å²) in [5.41, 5.74) is 1.40. The molecule has 152 valence electrons. The van der Waals surface area contributed by atoms with E-state index in [1.54, 1.807) is 29.2 Å². The van der Waals surface area contributed by atoms with Crippen LogP contribution in [0.3, 0.4) is 0 Å². The van der Waals surface area contributed by atoms with Crippen molar-refractivity contribution in [2.45, 2.75) is 0 Å². The van der Waals surface area contributed by atoms with Crippen molar-refractivity contribution in [2.24, 2.45) is 0 Å². The topological polar surface area (TPSA) is 33.5 Å². The van der Waals surface area contributed by atoms with Gasteiger partial charge in [-0.1, -0.05) is 72.0 Å². The quantitative estimate of drug-likeness (QED) is 0.235. The van der Waals surface area contributed by atoms with E-state index in [9.17, 15) is 9.18 Å². The van der Waals surface area contributed by atoms with Gasteiger partial charge in [0.1, 0.15) is 17.3 Å². The molecule has 7 heteroatoms. The van der Waals surface area contributed by atoms with E-state index >= 15 is 0 Å². The van der Waals surface area contributed by atoms with Gasteiger partial charge in [-0.15, -0.1) is 0 Å². The van der Waals surface area contributed by atoms with Gasteiger partial charge in [-0.2, -0.15) is 0 Å². The molecule has 1 saturated heterocycles. The summed E-state index contributed by atoms with van der Waals surface area (Å²) >= 11 is 12.6. The molecule has 0 atom stereocenters. The highest BCUT2D eigenvalue weighted by Gasteiger charge is 2.34. The van der Waals surface area contributed by atoms with E-state index in [4.69, 9.17) is 28.2 Å². The summed E-state index contributed by atoms with van der Waals surface area (Å²) in [7, 11) is 0. The van der Waals surface area contributed by atoms with Gasteiger partial charge < -0.3 is 4.42 Å². The Bertz CT molecular complexity index is 1390. The molecule has 3 nitrogen and oxygen atoms in total. The Morgan fingerprint density at radius 2 is 1.84 bits per heavy atom. The molecule has 5 rings (SSSR count). The molecular formula is C24H13ClFNO2S2. The fourth-order valence-electron chi connectivity index (χ4n) is 3.44. The lowest BCUT2D eigenvalue weighted by Gasteiger charge is -2.17. The van der Waals surface area contributed by atoms with Crippen LogP contribution in [0.25, 0.3) is 28.2 Å². The van der Waals surface area contributed by atoms with Gasteiger partial charge in [-0.05, 0) is 41.8 Å². The van der Waals surface area contributed by atoms with Gasteiger partial charge in [0.05, 0.1) is 15.6 Å². The number of hydrogen-bond acceptors (Lipinski definition) is 4. The summed E-state index contributed by atoms with van der Waals surface area (Å²) in [5, 5.41) is 2.01.